The maximum Gasteiger partial charge on any atom is 4.00 e. The Morgan fingerprint density at radius 1 is 0.667 bits per heavy atom. The smallest absolute Gasteiger partial charge is 0.438 e. The molecule has 1 aliphatic rings. The van der Waals surface area contributed by atoms with E-state index in [1.807, 2.05) is 91.0 Å². The van der Waals surface area contributed by atoms with Gasteiger partial charge in [0.15, 0.2) is 0 Å². The molecule has 4 heteroatoms. The van der Waals surface area contributed by atoms with Crippen LogP contribution in [0.2, 0.25) is 0 Å². The molecule has 3 nitrogen and oxygen atoms in total. The van der Waals surface area contributed by atoms with E-state index in [1.54, 1.807) is 0 Å². The molecule has 5 aromatic carbocycles. The second kappa shape index (κ2) is 19.3. The number of aryl methyl sites for hydroxylation is 4. The molecule has 6 rings (SSSR count). The maximum absolute atomic E-state index is 10.5. The zero-order chi connectivity index (χ0) is 31.9. The van der Waals surface area contributed by atoms with Gasteiger partial charge in [0.25, 0.3) is 0 Å². The first-order valence-corrected chi connectivity index (χ1v) is 15.1. The molecule has 1 heterocycles. The van der Waals surface area contributed by atoms with E-state index in [4.69, 9.17) is 0 Å². The number of rotatable bonds is 3. The number of hydrogen-bond donors (Lipinski definition) is 1. The number of nitrogens with zero attached hydrogens (tertiary/aromatic N) is 2. The third-order valence-electron chi connectivity index (χ3n) is 7.19. The summed E-state index contributed by atoms with van der Waals surface area (Å²) in [6.07, 6.45) is 0.993. The van der Waals surface area contributed by atoms with Gasteiger partial charge in [-0.25, -0.2) is 0 Å². The Hall–Kier alpha value is -4.15. The first-order valence-electron chi connectivity index (χ1n) is 15.1. The summed E-state index contributed by atoms with van der Waals surface area (Å²) in [5.74, 6) is 0.246. The fourth-order valence-electron chi connectivity index (χ4n) is 5.19. The molecule has 0 bridgehead atoms. The van der Waals surface area contributed by atoms with E-state index in [9.17, 15) is 5.41 Å². The van der Waals surface area contributed by atoms with Crippen LogP contribution in [-0.4, -0.2) is 12.5 Å². The topological polar surface area (TPSA) is 37.6 Å². The van der Waals surface area contributed by atoms with Crippen molar-refractivity contribution in [3.63, 3.8) is 0 Å². The van der Waals surface area contributed by atoms with Gasteiger partial charge in [-0.15, -0.1) is 36.4 Å². The van der Waals surface area contributed by atoms with Gasteiger partial charge in [0.2, 0.25) is 0 Å². The minimum absolute atomic E-state index is 0. The van der Waals surface area contributed by atoms with Gasteiger partial charge in [0.1, 0.15) is 0 Å². The van der Waals surface area contributed by atoms with Gasteiger partial charge in [0, 0.05) is 12.0 Å². The van der Waals surface area contributed by atoms with E-state index in [-0.39, 0.29) is 37.8 Å². The fourth-order valence-corrected chi connectivity index (χ4v) is 5.19. The first-order chi connectivity index (χ1) is 21.2. The summed E-state index contributed by atoms with van der Waals surface area (Å²) < 4.78 is 0. The molecule has 0 radical (unpaired) electrons. The Labute approximate surface area is 291 Å². The van der Waals surface area contributed by atoms with Crippen LogP contribution < -0.4 is 10.2 Å². The van der Waals surface area contributed by atoms with Crippen molar-refractivity contribution in [2.45, 2.75) is 40.2 Å². The van der Waals surface area contributed by atoms with Crippen LogP contribution in [0.15, 0.2) is 127 Å². The normalized spacial score (nSPS) is 12.9. The Balaban J connectivity index is 0.000000259. The Bertz CT molecular complexity index is 1450. The van der Waals surface area contributed by atoms with Crippen molar-refractivity contribution in [2.24, 2.45) is 0 Å². The predicted molar refractivity (Wildman–Crippen MR) is 191 cm³/mol. The number of anilines is 1. The van der Waals surface area contributed by atoms with Crippen LogP contribution in [0.25, 0.3) is 5.41 Å². The molecule has 0 saturated carbocycles. The van der Waals surface area contributed by atoms with E-state index in [2.05, 4.69) is 95.1 Å². The second-order valence-electron chi connectivity index (χ2n) is 10.8. The monoisotopic (exact) mass is 759 g/mol. The second-order valence-corrected chi connectivity index (χ2v) is 10.8. The van der Waals surface area contributed by atoms with Crippen LogP contribution in [0.3, 0.4) is 0 Å². The summed E-state index contributed by atoms with van der Waals surface area (Å²) in [6.45, 7) is 20.4. The zero-order valence-corrected chi connectivity index (χ0v) is 30.7. The van der Waals surface area contributed by atoms with Crippen molar-refractivity contribution in [1.82, 2.24) is 5.32 Å². The Morgan fingerprint density at radius 2 is 1.07 bits per heavy atom. The average molecular weight is 758 g/mol. The van der Waals surface area contributed by atoms with Crippen LogP contribution in [0.4, 0.5) is 5.69 Å². The standard InChI is InChI=1S/C20H24N3.3C7H7.Hf/c1-5-16-8-6-7-9-17(16)18-12-22-20(21)23(18)19-14(3)10-13(2)11-15(19)4;3*1-7-5-3-2-4-6-7;/h6-11,18H,5,12H2,1-4H3,(H-,21,22);3*2-6H,1H2;/q4*-1;+4. The van der Waals surface area contributed by atoms with Gasteiger partial charge in [-0.2, -0.15) is 73.9 Å². The van der Waals surface area contributed by atoms with Gasteiger partial charge < -0.3 is 15.6 Å². The fraction of sp³-hybridized carbons (Fsp3) is 0.171. The number of hydrogen-bond acceptors (Lipinski definition) is 0. The molecule has 0 amide bonds. The third-order valence-corrected chi connectivity index (χ3v) is 7.19. The van der Waals surface area contributed by atoms with E-state index in [1.165, 1.54) is 27.8 Å². The number of nitrogens with one attached hydrogen (secondary N) is 1. The Morgan fingerprint density at radius 3 is 1.44 bits per heavy atom. The summed E-state index contributed by atoms with van der Waals surface area (Å²) in [5.41, 5.74) is 10.6. The molecule has 5 aromatic rings. The molecule has 1 N–H and O–H groups in total. The Kier molecular flexibility index (Phi) is 15.9. The average Bonchev–Trinajstić information content (AvgIpc) is 3.39. The van der Waals surface area contributed by atoms with E-state index in [0.717, 1.165) is 35.3 Å². The maximum atomic E-state index is 10.5. The van der Waals surface area contributed by atoms with E-state index >= 15 is 0 Å². The van der Waals surface area contributed by atoms with E-state index < -0.39 is 0 Å². The molecule has 0 aliphatic carbocycles. The van der Waals surface area contributed by atoms with Crippen LogP contribution in [0, 0.1) is 41.5 Å². The van der Waals surface area contributed by atoms with Crippen molar-refractivity contribution >= 4 is 11.6 Å². The molecule has 1 saturated heterocycles. The quantitative estimate of drug-likeness (QED) is 0.147. The zero-order valence-electron chi connectivity index (χ0n) is 27.1. The molecule has 1 atom stereocenters. The van der Waals surface area contributed by atoms with Crippen LogP contribution >= 0.6 is 0 Å². The minimum atomic E-state index is 0. The minimum Gasteiger partial charge on any atom is -0.438 e. The van der Waals surface area contributed by atoms with Gasteiger partial charge in [-0.05, 0) is 61.7 Å². The van der Waals surface area contributed by atoms with Crippen molar-refractivity contribution in [3.8, 4) is 0 Å². The molecule has 45 heavy (non-hydrogen) atoms. The summed E-state index contributed by atoms with van der Waals surface area (Å²) in [7, 11) is 0. The summed E-state index contributed by atoms with van der Waals surface area (Å²) in [6, 6.07) is 42.6. The van der Waals surface area contributed by atoms with Crippen LogP contribution in [0.5, 0.6) is 0 Å². The first kappa shape index (κ1) is 37.0. The van der Waals surface area contributed by atoms with E-state index in [0.29, 0.717) is 0 Å². The van der Waals surface area contributed by atoms with Crippen LogP contribution in [0.1, 0.15) is 57.5 Å². The molecular weight excluding hydrogens is 713 g/mol. The molecule has 0 spiro atoms. The van der Waals surface area contributed by atoms with Crippen molar-refractivity contribution in [2.75, 3.05) is 11.4 Å². The van der Waals surface area contributed by atoms with Gasteiger partial charge in [0.05, 0.1) is 0 Å². The molecule has 1 unspecified atom stereocenters. The summed E-state index contributed by atoms with van der Waals surface area (Å²) in [4.78, 5) is 2.05. The molecular formula is C41H45HfN3. The molecule has 228 valence electrons. The van der Waals surface area contributed by atoms with Gasteiger partial charge in [-0.3, -0.25) is 0 Å². The summed E-state index contributed by atoms with van der Waals surface area (Å²) >= 11 is 0. The van der Waals surface area contributed by atoms with Gasteiger partial charge >= 0.3 is 25.8 Å². The SMILES string of the molecule is CCc1ccccc1C1CNC(=[N-])N1c1c(C)cc(C)cc1C.[CH2-]c1ccccc1.[CH2-]c1ccccc1.[CH2-]c1ccccc1.[Hf+4]. The number of benzene rings is 5. The summed E-state index contributed by atoms with van der Waals surface area (Å²) in [5, 5.41) is 13.6. The number of guanidine groups is 1. The largest absolute Gasteiger partial charge is 4.00 e. The van der Waals surface area contributed by atoms with Gasteiger partial charge in [-0.1, -0.05) is 67.1 Å². The molecule has 1 aliphatic heterocycles. The molecule has 1 fully saturated rings. The van der Waals surface area contributed by atoms with Crippen LogP contribution in [-0.2, 0) is 32.3 Å². The third kappa shape index (κ3) is 11.7. The predicted octanol–water partition coefficient (Wildman–Crippen LogP) is 9.85. The van der Waals surface area contributed by atoms with Crippen molar-refractivity contribution in [3.05, 3.63) is 198 Å². The van der Waals surface area contributed by atoms with Crippen molar-refractivity contribution < 1.29 is 25.8 Å². The van der Waals surface area contributed by atoms with Crippen molar-refractivity contribution in [1.29, 1.82) is 0 Å². The molecule has 0 aromatic heterocycles.